The highest BCUT2D eigenvalue weighted by Gasteiger charge is 2.46. The maximum absolute atomic E-state index is 13.2. The number of methoxy groups -OCH3 is 2. The van der Waals surface area contributed by atoms with E-state index in [4.69, 9.17) is 18.9 Å². The van der Waals surface area contributed by atoms with Crippen LogP contribution in [0.25, 0.3) is 5.76 Å². The molecule has 0 radical (unpaired) electrons. The van der Waals surface area contributed by atoms with Crippen LogP contribution in [0.15, 0.2) is 42.0 Å². The van der Waals surface area contributed by atoms with Crippen molar-refractivity contribution in [3.05, 3.63) is 58.7 Å². The Labute approximate surface area is 211 Å². The first-order valence-electron chi connectivity index (χ1n) is 12.3. The second-order valence-electron chi connectivity index (χ2n) is 9.05. The zero-order valence-electron chi connectivity index (χ0n) is 21.2. The van der Waals surface area contributed by atoms with Crippen molar-refractivity contribution in [2.75, 3.05) is 34.0 Å². The fraction of sp³-hybridized carbons (Fsp3) is 0.429. The zero-order chi connectivity index (χ0) is 25.8. The lowest BCUT2D eigenvalue weighted by molar-refractivity contribution is -0.140. The molecule has 0 aliphatic carbocycles. The SMILES string of the molecule is CCCCOc1ccc(C2/C(=C(\O)c3ccc4c(c3)CC(C)O4)C(=O)C(=O)N2CCOC)cc1OC. The fourth-order valence-electron chi connectivity index (χ4n) is 4.67. The Morgan fingerprint density at radius 1 is 1.11 bits per heavy atom. The minimum Gasteiger partial charge on any atom is -0.507 e. The van der Waals surface area contributed by atoms with E-state index in [9.17, 15) is 14.7 Å². The third kappa shape index (κ3) is 4.91. The molecular weight excluding hydrogens is 462 g/mol. The van der Waals surface area contributed by atoms with E-state index < -0.39 is 17.7 Å². The van der Waals surface area contributed by atoms with Gasteiger partial charge in [-0.15, -0.1) is 0 Å². The molecular formula is C28H33NO7. The fourth-order valence-corrected chi connectivity index (χ4v) is 4.67. The lowest BCUT2D eigenvalue weighted by Crippen LogP contribution is -2.32. The first-order chi connectivity index (χ1) is 17.4. The molecule has 1 N–H and O–H groups in total. The van der Waals surface area contributed by atoms with Crippen molar-refractivity contribution < 1.29 is 33.6 Å². The monoisotopic (exact) mass is 495 g/mol. The maximum atomic E-state index is 13.2. The highest BCUT2D eigenvalue weighted by Crippen LogP contribution is 2.42. The van der Waals surface area contributed by atoms with Gasteiger partial charge in [-0.25, -0.2) is 0 Å². The molecule has 4 rings (SSSR count). The number of fused-ring (bicyclic) bond motifs is 1. The molecule has 2 aromatic rings. The van der Waals surface area contributed by atoms with E-state index in [0.29, 0.717) is 35.7 Å². The molecule has 1 fully saturated rings. The molecule has 2 aliphatic heterocycles. The summed E-state index contributed by atoms with van der Waals surface area (Å²) in [6.07, 6.45) is 2.66. The molecule has 1 saturated heterocycles. The molecule has 0 spiro atoms. The van der Waals surface area contributed by atoms with Gasteiger partial charge < -0.3 is 29.0 Å². The zero-order valence-corrected chi connectivity index (χ0v) is 21.2. The number of benzene rings is 2. The first-order valence-corrected chi connectivity index (χ1v) is 12.3. The van der Waals surface area contributed by atoms with Crippen molar-refractivity contribution in [1.29, 1.82) is 0 Å². The van der Waals surface area contributed by atoms with Crippen LogP contribution in [0.4, 0.5) is 0 Å². The van der Waals surface area contributed by atoms with E-state index >= 15 is 0 Å². The van der Waals surface area contributed by atoms with E-state index in [0.717, 1.165) is 24.2 Å². The Hall–Kier alpha value is -3.52. The van der Waals surface area contributed by atoms with Crippen molar-refractivity contribution in [2.24, 2.45) is 0 Å². The number of likely N-dealkylation sites (tertiary alicyclic amines) is 1. The van der Waals surface area contributed by atoms with Gasteiger partial charge in [-0.1, -0.05) is 19.4 Å². The highest BCUT2D eigenvalue weighted by atomic mass is 16.5. The van der Waals surface area contributed by atoms with Gasteiger partial charge in [0.2, 0.25) is 0 Å². The molecule has 192 valence electrons. The van der Waals surface area contributed by atoms with E-state index in [1.807, 2.05) is 13.0 Å². The number of aliphatic hydroxyl groups excluding tert-OH is 1. The van der Waals surface area contributed by atoms with Crippen LogP contribution >= 0.6 is 0 Å². The Balaban J connectivity index is 1.79. The third-order valence-corrected chi connectivity index (χ3v) is 6.50. The average Bonchev–Trinajstić information content (AvgIpc) is 3.37. The topological polar surface area (TPSA) is 94.5 Å². The molecule has 2 unspecified atom stereocenters. The summed E-state index contributed by atoms with van der Waals surface area (Å²) in [6, 6.07) is 9.83. The number of unbranched alkanes of at least 4 members (excludes halogenated alkanes) is 1. The molecule has 8 nitrogen and oxygen atoms in total. The van der Waals surface area contributed by atoms with Gasteiger partial charge in [-0.05, 0) is 54.8 Å². The van der Waals surface area contributed by atoms with Crippen LogP contribution < -0.4 is 14.2 Å². The summed E-state index contributed by atoms with van der Waals surface area (Å²) in [5.41, 5.74) is 2.08. The molecule has 0 aromatic heterocycles. The van der Waals surface area contributed by atoms with Crippen molar-refractivity contribution in [3.8, 4) is 17.2 Å². The van der Waals surface area contributed by atoms with E-state index in [1.165, 1.54) is 12.0 Å². The van der Waals surface area contributed by atoms with Gasteiger partial charge in [0.05, 0.1) is 31.9 Å². The second kappa shape index (κ2) is 11.0. The van der Waals surface area contributed by atoms with Gasteiger partial charge >= 0.3 is 0 Å². The predicted molar refractivity (Wildman–Crippen MR) is 135 cm³/mol. The van der Waals surface area contributed by atoms with Gasteiger partial charge in [0.1, 0.15) is 17.6 Å². The molecule has 0 saturated carbocycles. The Morgan fingerprint density at radius 2 is 1.92 bits per heavy atom. The van der Waals surface area contributed by atoms with Crippen LogP contribution in [0.1, 0.15) is 49.4 Å². The number of aliphatic hydroxyl groups is 1. The second-order valence-corrected chi connectivity index (χ2v) is 9.05. The van der Waals surface area contributed by atoms with Crippen LogP contribution in [0.3, 0.4) is 0 Å². The number of carbonyl (C=O) groups excluding carboxylic acids is 2. The summed E-state index contributed by atoms with van der Waals surface area (Å²) >= 11 is 0. The normalized spacial score (nSPS) is 20.4. The number of Topliss-reactive ketones (excluding diaryl/α,β-unsaturated/α-hetero) is 1. The number of hydrogen-bond acceptors (Lipinski definition) is 7. The number of nitrogens with zero attached hydrogens (tertiary/aromatic N) is 1. The average molecular weight is 496 g/mol. The standard InChI is InChI=1S/C28H33NO7/c1-5-6-12-35-22-10-7-18(16-23(22)34-4)25-24(27(31)28(32)29(25)11-13-33-3)26(30)19-8-9-21-20(15-19)14-17(2)36-21/h7-10,15-17,25,30H,5-6,11-14H2,1-4H3/b26-24+. The van der Waals surface area contributed by atoms with Gasteiger partial charge in [0, 0.05) is 25.6 Å². The quantitative estimate of drug-likeness (QED) is 0.228. The molecule has 2 aromatic carbocycles. The van der Waals surface area contributed by atoms with Crippen molar-refractivity contribution in [3.63, 3.8) is 0 Å². The minimum absolute atomic E-state index is 0.0321. The number of ketones is 1. The van der Waals surface area contributed by atoms with E-state index in [2.05, 4.69) is 6.92 Å². The Kier molecular flexibility index (Phi) is 7.84. The predicted octanol–water partition coefficient (Wildman–Crippen LogP) is 4.27. The highest BCUT2D eigenvalue weighted by molar-refractivity contribution is 6.46. The number of amides is 1. The van der Waals surface area contributed by atoms with Gasteiger partial charge in [0.15, 0.2) is 11.5 Å². The summed E-state index contributed by atoms with van der Waals surface area (Å²) in [7, 11) is 3.08. The third-order valence-electron chi connectivity index (χ3n) is 6.50. The van der Waals surface area contributed by atoms with Gasteiger partial charge in [0.25, 0.3) is 11.7 Å². The van der Waals surface area contributed by atoms with Gasteiger partial charge in [-0.2, -0.15) is 0 Å². The molecule has 2 aliphatic rings. The minimum atomic E-state index is -0.804. The van der Waals surface area contributed by atoms with Crippen LogP contribution in [-0.4, -0.2) is 61.8 Å². The summed E-state index contributed by atoms with van der Waals surface area (Å²) in [5.74, 6) is 0.197. The molecule has 2 atom stereocenters. The summed E-state index contributed by atoms with van der Waals surface area (Å²) in [5, 5.41) is 11.4. The number of carbonyl (C=O) groups is 2. The van der Waals surface area contributed by atoms with Crippen molar-refractivity contribution >= 4 is 17.4 Å². The maximum Gasteiger partial charge on any atom is 0.295 e. The summed E-state index contributed by atoms with van der Waals surface area (Å²) in [4.78, 5) is 27.7. The summed E-state index contributed by atoms with van der Waals surface area (Å²) in [6.45, 7) is 5.05. The number of hydrogen-bond donors (Lipinski definition) is 1. The van der Waals surface area contributed by atoms with E-state index in [-0.39, 0.29) is 30.6 Å². The van der Waals surface area contributed by atoms with Crippen molar-refractivity contribution in [1.82, 2.24) is 4.90 Å². The van der Waals surface area contributed by atoms with Crippen LogP contribution in [-0.2, 0) is 20.7 Å². The molecule has 2 heterocycles. The number of ether oxygens (including phenoxy) is 4. The van der Waals surface area contributed by atoms with Crippen LogP contribution in [0.5, 0.6) is 17.2 Å². The molecule has 36 heavy (non-hydrogen) atoms. The lowest BCUT2D eigenvalue weighted by atomic mass is 9.94. The lowest BCUT2D eigenvalue weighted by Gasteiger charge is -2.25. The smallest absolute Gasteiger partial charge is 0.295 e. The first kappa shape index (κ1) is 25.6. The Morgan fingerprint density at radius 3 is 2.64 bits per heavy atom. The molecule has 1 amide bonds. The Bertz CT molecular complexity index is 1170. The van der Waals surface area contributed by atoms with Gasteiger partial charge in [-0.3, -0.25) is 9.59 Å². The largest absolute Gasteiger partial charge is 0.507 e. The molecule has 8 heteroatoms. The van der Waals surface area contributed by atoms with Crippen molar-refractivity contribution in [2.45, 2.75) is 45.3 Å². The molecule has 0 bridgehead atoms. The number of rotatable bonds is 10. The van der Waals surface area contributed by atoms with Crippen LogP contribution in [0.2, 0.25) is 0 Å². The van der Waals surface area contributed by atoms with E-state index in [1.54, 1.807) is 37.4 Å². The summed E-state index contributed by atoms with van der Waals surface area (Å²) < 4.78 is 22.4. The van der Waals surface area contributed by atoms with Crippen LogP contribution in [0, 0.1) is 0 Å².